The second kappa shape index (κ2) is 7.09. The summed E-state index contributed by atoms with van der Waals surface area (Å²) in [7, 11) is 0. The van der Waals surface area contributed by atoms with E-state index in [1.165, 1.54) is 0 Å². The van der Waals surface area contributed by atoms with E-state index in [0.717, 1.165) is 31.4 Å². The molecule has 2 atom stereocenters. The Morgan fingerprint density at radius 3 is 3.12 bits per heavy atom. The zero-order valence-corrected chi connectivity index (χ0v) is 14.9. The highest BCUT2D eigenvalue weighted by Crippen LogP contribution is 2.35. The standard InChI is InChI=1S/C18H22N4O2S/c23-16(10-14-3-9-25-12-14)22-7-4-18(13-22)11-15(2-8-24-18)21-17-19-5-1-6-20-17/h1,3,5-6,9,12,15H,2,4,7-8,10-11,13H2,(H,19,20,21)/t15-,18-/m1/s1. The van der Waals surface area contributed by atoms with E-state index in [2.05, 4.69) is 15.3 Å². The average Bonchev–Trinajstić information content (AvgIpc) is 3.26. The molecule has 2 aliphatic rings. The fourth-order valence-electron chi connectivity index (χ4n) is 3.73. The lowest BCUT2D eigenvalue weighted by Crippen LogP contribution is -2.47. The maximum Gasteiger partial charge on any atom is 0.227 e. The highest BCUT2D eigenvalue weighted by Gasteiger charge is 2.44. The first kappa shape index (κ1) is 16.5. The molecule has 4 rings (SSSR count). The second-order valence-electron chi connectivity index (χ2n) is 6.81. The van der Waals surface area contributed by atoms with Crippen molar-refractivity contribution < 1.29 is 9.53 Å². The Morgan fingerprint density at radius 1 is 1.44 bits per heavy atom. The Bertz CT molecular complexity index is 709. The lowest BCUT2D eigenvalue weighted by atomic mass is 9.89. The van der Waals surface area contributed by atoms with Crippen molar-refractivity contribution in [1.29, 1.82) is 0 Å². The van der Waals surface area contributed by atoms with Crippen LogP contribution < -0.4 is 5.32 Å². The first-order valence-electron chi connectivity index (χ1n) is 8.69. The normalized spacial score (nSPS) is 26.1. The van der Waals surface area contributed by atoms with Crippen LogP contribution in [0.15, 0.2) is 35.3 Å². The molecule has 2 saturated heterocycles. The monoisotopic (exact) mass is 358 g/mol. The van der Waals surface area contributed by atoms with Crippen LogP contribution in [0.25, 0.3) is 0 Å². The first-order valence-corrected chi connectivity index (χ1v) is 9.63. The number of ether oxygens (including phenoxy) is 1. The maximum atomic E-state index is 12.6. The topological polar surface area (TPSA) is 67.4 Å². The Morgan fingerprint density at radius 2 is 2.32 bits per heavy atom. The van der Waals surface area contributed by atoms with E-state index in [-0.39, 0.29) is 17.6 Å². The van der Waals surface area contributed by atoms with E-state index < -0.39 is 0 Å². The van der Waals surface area contributed by atoms with Crippen LogP contribution in [0.5, 0.6) is 0 Å². The lowest BCUT2D eigenvalue weighted by molar-refractivity contribution is -0.132. The number of aromatic nitrogens is 2. The minimum atomic E-state index is -0.227. The molecule has 0 bridgehead atoms. The Balaban J connectivity index is 1.36. The lowest BCUT2D eigenvalue weighted by Gasteiger charge is -2.38. The zero-order chi connectivity index (χ0) is 17.1. The summed E-state index contributed by atoms with van der Waals surface area (Å²) in [6.07, 6.45) is 6.68. The summed E-state index contributed by atoms with van der Waals surface area (Å²) in [6, 6.07) is 4.11. The van der Waals surface area contributed by atoms with Crippen molar-refractivity contribution in [2.75, 3.05) is 25.0 Å². The van der Waals surface area contributed by atoms with Crippen LogP contribution in [0, 0.1) is 0 Å². The number of nitrogens with zero attached hydrogens (tertiary/aromatic N) is 3. The van der Waals surface area contributed by atoms with Gasteiger partial charge in [-0.2, -0.15) is 11.3 Å². The van der Waals surface area contributed by atoms with Gasteiger partial charge in [-0.3, -0.25) is 4.79 Å². The van der Waals surface area contributed by atoms with Gasteiger partial charge >= 0.3 is 0 Å². The molecule has 1 N–H and O–H groups in total. The first-order chi connectivity index (χ1) is 12.2. The number of nitrogens with one attached hydrogen (secondary N) is 1. The van der Waals surface area contributed by atoms with Gasteiger partial charge in [0.2, 0.25) is 11.9 Å². The van der Waals surface area contributed by atoms with Crippen LogP contribution in [0.3, 0.4) is 0 Å². The average molecular weight is 358 g/mol. The van der Waals surface area contributed by atoms with Gasteiger partial charge in [0.05, 0.1) is 12.0 Å². The fourth-order valence-corrected chi connectivity index (χ4v) is 4.40. The molecule has 0 unspecified atom stereocenters. The molecule has 132 valence electrons. The van der Waals surface area contributed by atoms with Gasteiger partial charge in [-0.25, -0.2) is 9.97 Å². The predicted octanol–water partition coefficient (Wildman–Crippen LogP) is 2.34. The van der Waals surface area contributed by atoms with E-state index in [0.29, 0.717) is 25.5 Å². The molecule has 4 heterocycles. The van der Waals surface area contributed by atoms with E-state index in [1.54, 1.807) is 23.7 Å². The van der Waals surface area contributed by atoms with Crippen LogP contribution in [-0.2, 0) is 16.0 Å². The van der Waals surface area contributed by atoms with Gasteiger partial charge in [-0.15, -0.1) is 0 Å². The van der Waals surface area contributed by atoms with Crippen molar-refractivity contribution in [3.63, 3.8) is 0 Å². The van der Waals surface area contributed by atoms with Crippen molar-refractivity contribution in [2.24, 2.45) is 0 Å². The van der Waals surface area contributed by atoms with Crippen molar-refractivity contribution in [1.82, 2.24) is 14.9 Å². The van der Waals surface area contributed by atoms with Crippen molar-refractivity contribution in [2.45, 2.75) is 37.3 Å². The number of anilines is 1. The molecular weight excluding hydrogens is 336 g/mol. The Labute approximate surface area is 151 Å². The van der Waals surface area contributed by atoms with Crippen molar-refractivity contribution in [3.8, 4) is 0 Å². The maximum absolute atomic E-state index is 12.6. The minimum Gasteiger partial charge on any atom is -0.373 e. The van der Waals surface area contributed by atoms with Crippen LogP contribution in [0.1, 0.15) is 24.8 Å². The molecule has 0 aliphatic carbocycles. The number of amides is 1. The summed E-state index contributed by atoms with van der Waals surface area (Å²) in [5, 5.41) is 7.46. The van der Waals surface area contributed by atoms with Gasteiger partial charge in [-0.05, 0) is 47.7 Å². The number of carbonyl (C=O) groups excluding carboxylic acids is 1. The molecule has 1 amide bonds. The van der Waals surface area contributed by atoms with Crippen LogP contribution in [0.4, 0.5) is 5.95 Å². The molecule has 0 saturated carbocycles. The molecule has 2 aromatic rings. The molecule has 7 heteroatoms. The van der Waals surface area contributed by atoms with E-state index in [9.17, 15) is 4.79 Å². The third kappa shape index (κ3) is 3.82. The van der Waals surface area contributed by atoms with Crippen LogP contribution in [-0.4, -0.2) is 52.1 Å². The summed E-state index contributed by atoms with van der Waals surface area (Å²) in [4.78, 5) is 23.0. The summed E-state index contributed by atoms with van der Waals surface area (Å²) in [5.41, 5.74) is 0.871. The molecular formula is C18H22N4O2S. The minimum absolute atomic E-state index is 0.195. The molecule has 2 aliphatic heterocycles. The zero-order valence-electron chi connectivity index (χ0n) is 14.1. The van der Waals surface area contributed by atoms with Gasteiger partial charge in [0.25, 0.3) is 0 Å². The van der Waals surface area contributed by atoms with E-state index >= 15 is 0 Å². The summed E-state index contributed by atoms with van der Waals surface area (Å²) in [5.74, 6) is 0.855. The van der Waals surface area contributed by atoms with Crippen molar-refractivity contribution >= 4 is 23.2 Å². The summed E-state index contributed by atoms with van der Waals surface area (Å²) in [6.45, 7) is 2.17. The van der Waals surface area contributed by atoms with Crippen molar-refractivity contribution in [3.05, 3.63) is 40.8 Å². The van der Waals surface area contributed by atoms with Gasteiger partial charge in [0.15, 0.2) is 0 Å². The Kier molecular flexibility index (Phi) is 4.67. The summed E-state index contributed by atoms with van der Waals surface area (Å²) < 4.78 is 6.14. The Hall–Kier alpha value is -1.99. The smallest absolute Gasteiger partial charge is 0.227 e. The van der Waals surface area contributed by atoms with Gasteiger partial charge in [0.1, 0.15) is 0 Å². The predicted molar refractivity (Wildman–Crippen MR) is 96.6 cm³/mol. The largest absolute Gasteiger partial charge is 0.373 e. The van der Waals surface area contributed by atoms with Crippen LogP contribution in [0.2, 0.25) is 0 Å². The molecule has 2 aromatic heterocycles. The number of carbonyl (C=O) groups is 1. The van der Waals surface area contributed by atoms with Gasteiger partial charge < -0.3 is 15.0 Å². The van der Waals surface area contributed by atoms with Crippen LogP contribution >= 0.6 is 11.3 Å². The highest BCUT2D eigenvalue weighted by molar-refractivity contribution is 7.08. The second-order valence-corrected chi connectivity index (χ2v) is 7.59. The van der Waals surface area contributed by atoms with Gasteiger partial charge in [-0.1, -0.05) is 0 Å². The number of hydrogen-bond donors (Lipinski definition) is 1. The molecule has 1 spiro atoms. The third-order valence-corrected chi connectivity index (χ3v) is 5.73. The fraction of sp³-hybridized carbons (Fsp3) is 0.500. The molecule has 0 radical (unpaired) electrons. The SMILES string of the molecule is O=C(Cc1ccsc1)N1CC[C@@]2(C[C@H](Nc3ncccn3)CCO2)C1. The number of thiophene rings is 1. The van der Waals surface area contributed by atoms with Gasteiger partial charge in [0, 0.05) is 38.1 Å². The third-order valence-electron chi connectivity index (χ3n) is 5.00. The summed E-state index contributed by atoms with van der Waals surface area (Å²) >= 11 is 1.63. The van der Waals surface area contributed by atoms with E-state index in [1.807, 2.05) is 27.8 Å². The number of rotatable bonds is 4. The molecule has 25 heavy (non-hydrogen) atoms. The van der Waals surface area contributed by atoms with E-state index in [4.69, 9.17) is 4.74 Å². The molecule has 0 aromatic carbocycles. The highest BCUT2D eigenvalue weighted by atomic mass is 32.1. The quantitative estimate of drug-likeness (QED) is 0.909. The number of hydrogen-bond acceptors (Lipinski definition) is 6. The molecule has 2 fully saturated rings. The number of likely N-dealkylation sites (tertiary alicyclic amines) is 1. The molecule has 6 nitrogen and oxygen atoms in total.